The van der Waals surface area contributed by atoms with E-state index in [1.165, 1.54) is 12.3 Å². The highest BCUT2D eigenvalue weighted by Gasteiger charge is 2.39. The molecule has 9 heteroatoms. The number of halogens is 1. The lowest BCUT2D eigenvalue weighted by Gasteiger charge is -2.21. The Labute approximate surface area is 174 Å². The summed E-state index contributed by atoms with van der Waals surface area (Å²) in [6.07, 6.45) is 4.90. The zero-order chi connectivity index (χ0) is 21.2. The third kappa shape index (κ3) is 5.73. The highest BCUT2D eigenvalue weighted by atomic mass is 35.5. The highest BCUT2D eigenvalue weighted by Crippen LogP contribution is 2.34. The summed E-state index contributed by atoms with van der Waals surface area (Å²) < 4.78 is 0. The van der Waals surface area contributed by atoms with Crippen LogP contribution in [-0.4, -0.2) is 40.3 Å². The number of aromatic nitrogens is 1. The van der Waals surface area contributed by atoms with E-state index in [4.69, 9.17) is 11.6 Å². The standard InChI is InChI=1S/C20H26ClN5O3/c1-20(2)8-12(17(27)26-20)6-14(9-22)24-19(29)16(5-11-3-4-11)25-18(28)15-7-13(21)10-23-15/h7,10-12,14,16,23H,3-6,8H2,1-2H3,(H,24,29)(H,25,28)(H,26,27)/t12?,14-,16?/m0/s1. The first kappa shape index (κ1) is 21.2. The molecule has 2 heterocycles. The van der Waals surface area contributed by atoms with Crippen molar-refractivity contribution in [1.29, 1.82) is 5.26 Å². The van der Waals surface area contributed by atoms with E-state index in [-0.39, 0.29) is 29.5 Å². The molecule has 8 nitrogen and oxygen atoms in total. The second-order valence-electron chi connectivity index (χ2n) is 8.64. The number of H-pyrrole nitrogens is 1. The van der Waals surface area contributed by atoms with Crippen molar-refractivity contribution < 1.29 is 14.4 Å². The Kier molecular flexibility index (Phi) is 6.18. The van der Waals surface area contributed by atoms with Gasteiger partial charge in [-0.1, -0.05) is 24.4 Å². The molecule has 29 heavy (non-hydrogen) atoms. The van der Waals surface area contributed by atoms with Crippen molar-refractivity contribution in [3.63, 3.8) is 0 Å². The molecule has 4 N–H and O–H groups in total. The van der Waals surface area contributed by atoms with Crippen molar-refractivity contribution in [3.8, 4) is 6.07 Å². The van der Waals surface area contributed by atoms with E-state index in [0.29, 0.717) is 23.8 Å². The van der Waals surface area contributed by atoms with Gasteiger partial charge in [0.15, 0.2) is 0 Å². The van der Waals surface area contributed by atoms with E-state index in [1.54, 1.807) is 0 Å². The Morgan fingerprint density at radius 3 is 2.59 bits per heavy atom. The summed E-state index contributed by atoms with van der Waals surface area (Å²) in [4.78, 5) is 40.1. The molecule has 3 atom stereocenters. The molecule has 3 amide bonds. The molecule has 1 aromatic heterocycles. The fraction of sp³-hybridized carbons (Fsp3) is 0.600. The quantitative estimate of drug-likeness (QED) is 0.513. The van der Waals surface area contributed by atoms with Crippen LogP contribution in [-0.2, 0) is 9.59 Å². The van der Waals surface area contributed by atoms with E-state index >= 15 is 0 Å². The molecule has 2 unspecified atom stereocenters. The molecule has 1 aliphatic carbocycles. The first-order chi connectivity index (χ1) is 13.7. The minimum atomic E-state index is -0.800. The maximum Gasteiger partial charge on any atom is 0.268 e. The van der Waals surface area contributed by atoms with Crippen molar-refractivity contribution in [2.45, 2.75) is 63.6 Å². The zero-order valence-electron chi connectivity index (χ0n) is 16.5. The second-order valence-corrected chi connectivity index (χ2v) is 9.07. The average Bonchev–Trinajstić information content (AvgIpc) is 3.28. The molecule has 2 aliphatic rings. The van der Waals surface area contributed by atoms with Gasteiger partial charge in [-0.15, -0.1) is 0 Å². The van der Waals surface area contributed by atoms with Crippen LogP contribution < -0.4 is 16.0 Å². The Morgan fingerprint density at radius 1 is 1.34 bits per heavy atom. The van der Waals surface area contributed by atoms with Gasteiger partial charge >= 0.3 is 0 Å². The van der Waals surface area contributed by atoms with Gasteiger partial charge in [-0.05, 0) is 45.1 Å². The van der Waals surface area contributed by atoms with Crippen molar-refractivity contribution in [3.05, 3.63) is 23.0 Å². The Balaban J connectivity index is 1.61. The van der Waals surface area contributed by atoms with Crippen LogP contribution >= 0.6 is 11.6 Å². The predicted molar refractivity (Wildman–Crippen MR) is 107 cm³/mol. The van der Waals surface area contributed by atoms with E-state index in [9.17, 15) is 19.6 Å². The van der Waals surface area contributed by atoms with Gasteiger partial charge in [0.2, 0.25) is 11.8 Å². The van der Waals surface area contributed by atoms with Gasteiger partial charge in [0, 0.05) is 17.7 Å². The van der Waals surface area contributed by atoms with Crippen molar-refractivity contribution in [2.75, 3.05) is 0 Å². The molecule has 0 spiro atoms. The van der Waals surface area contributed by atoms with Crippen molar-refractivity contribution in [2.24, 2.45) is 11.8 Å². The van der Waals surface area contributed by atoms with E-state index < -0.39 is 23.9 Å². The van der Waals surface area contributed by atoms with Crippen LogP contribution in [0.15, 0.2) is 12.3 Å². The molecule has 1 saturated carbocycles. The van der Waals surface area contributed by atoms with Gasteiger partial charge in [-0.25, -0.2) is 0 Å². The number of amides is 3. The van der Waals surface area contributed by atoms with Crippen LogP contribution in [0.4, 0.5) is 0 Å². The number of nitrogens with zero attached hydrogens (tertiary/aromatic N) is 1. The van der Waals surface area contributed by atoms with Crippen LogP contribution in [0.3, 0.4) is 0 Å². The number of aromatic amines is 1. The number of carbonyl (C=O) groups excluding carboxylic acids is 3. The number of nitriles is 1. The Morgan fingerprint density at radius 2 is 2.07 bits per heavy atom. The van der Waals surface area contributed by atoms with Crippen molar-refractivity contribution >= 4 is 29.3 Å². The molecule has 0 radical (unpaired) electrons. The van der Waals surface area contributed by atoms with E-state index in [0.717, 1.165) is 12.8 Å². The van der Waals surface area contributed by atoms with Crippen LogP contribution in [0.5, 0.6) is 0 Å². The Hall–Kier alpha value is -2.53. The first-order valence-corrected chi connectivity index (χ1v) is 10.2. The molecule has 1 aromatic rings. The van der Waals surface area contributed by atoms with Crippen LogP contribution in [0.1, 0.15) is 56.4 Å². The van der Waals surface area contributed by atoms with Gasteiger partial charge in [0.1, 0.15) is 17.8 Å². The number of nitrogens with one attached hydrogen (secondary N) is 4. The molecule has 1 saturated heterocycles. The first-order valence-electron chi connectivity index (χ1n) is 9.83. The molecular weight excluding hydrogens is 394 g/mol. The fourth-order valence-electron chi connectivity index (χ4n) is 3.74. The molecule has 156 valence electrons. The number of carbonyl (C=O) groups is 3. The maximum absolute atomic E-state index is 12.8. The molecular formula is C20H26ClN5O3. The molecule has 1 aliphatic heterocycles. The number of hydrogen-bond acceptors (Lipinski definition) is 4. The largest absolute Gasteiger partial charge is 0.356 e. The molecule has 0 aromatic carbocycles. The van der Waals surface area contributed by atoms with Gasteiger partial charge in [-0.3, -0.25) is 14.4 Å². The summed E-state index contributed by atoms with van der Waals surface area (Å²) >= 11 is 5.84. The summed E-state index contributed by atoms with van der Waals surface area (Å²) in [5, 5.41) is 18.2. The summed E-state index contributed by atoms with van der Waals surface area (Å²) in [5.41, 5.74) is -0.0451. The summed E-state index contributed by atoms with van der Waals surface area (Å²) in [7, 11) is 0. The lowest BCUT2D eigenvalue weighted by Crippen LogP contribution is -2.50. The highest BCUT2D eigenvalue weighted by molar-refractivity contribution is 6.31. The minimum Gasteiger partial charge on any atom is -0.356 e. The van der Waals surface area contributed by atoms with Crippen molar-refractivity contribution in [1.82, 2.24) is 20.9 Å². The number of hydrogen-bond donors (Lipinski definition) is 4. The summed E-state index contributed by atoms with van der Waals surface area (Å²) in [6, 6.07) is 2.01. The van der Waals surface area contributed by atoms with Crippen LogP contribution in [0.25, 0.3) is 0 Å². The van der Waals surface area contributed by atoms with Gasteiger partial charge in [-0.2, -0.15) is 5.26 Å². The third-order valence-electron chi connectivity index (χ3n) is 5.36. The normalized spacial score (nSPS) is 22.3. The Bertz CT molecular complexity index is 839. The lowest BCUT2D eigenvalue weighted by molar-refractivity contribution is -0.125. The molecule has 2 fully saturated rings. The zero-order valence-corrected chi connectivity index (χ0v) is 17.3. The topological polar surface area (TPSA) is 127 Å². The summed E-state index contributed by atoms with van der Waals surface area (Å²) in [6.45, 7) is 3.86. The van der Waals surface area contributed by atoms with Gasteiger partial charge < -0.3 is 20.9 Å². The third-order valence-corrected chi connectivity index (χ3v) is 5.58. The SMILES string of the molecule is CC1(C)CC(C[C@@H](C#N)NC(=O)C(CC2CC2)NC(=O)c2cc(Cl)c[nH]2)C(=O)N1. The maximum atomic E-state index is 12.8. The lowest BCUT2D eigenvalue weighted by atomic mass is 9.92. The minimum absolute atomic E-state index is 0.101. The summed E-state index contributed by atoms with van der Waals surface area (Å²) in [5.74, 6) is -0.876. The smallest absolute Gasteiger partial charge is 0.268 e. The second kappa shape index (κ2) is 8.46. The predicted octanol–water partition coefficient (Wildman–Crippen LogP) is 1.88. The fourth-order valence-corrected chi connectivity index (χ4v) is 3.90. The van der Waals surface area contributed by atoms with E-state index in [2.05, 4.69) is 27.0 Å². The average molecular weight is 420 g/mol. The van der Waals surface area contributed by atoms with E-state index in [1.807, 2.05) is 13.8 Å². The van der Waals surface area contributed by atoms with Crippen LogP contribution in [0.2, 0.25) is 5.02 Å². The van der Waals surface area contributed by atoms with Crippen LogP contribution in [0, 0.1) is 23.2 Å². The van der Waals surface area contributed by atoms with Gasteiger partial charge in [0.05, 0.1) is 11.1 Å². The van der Waals surface area contributed by atoms with Gasteiger partial charge in [0.25, 0.3) is 5.91 Å². The molecule has 0 bridgehead atoms. The number of rotatable bonds is 8. The monoisotopic (exact) mass is 419 g/mol. The molecule has 3 rings (SSSR count).